The molecule has 1 N–H and O–H groups in total. The highest BCUT2D eigenvalue weighted by Crippen LogP contribution is 2.31. The Hall–Kier alpha value is -2.76. The standard InChI is InChI=1S/C14H12N6/c1-2-4-10(5-3-1)11-6-7-12-13(8-11)16-17-14(12)20-9-15-18-19-20/h1-7,9,11H,8H2,(H,16,17). The van der Waals surface area contributed by atoms with E-state index in [1.807, 2.05) is 6.07 Å². The summed E-state index contributed by atoms with van der Waals surface area (Å²) < 4.78 is 1.57. The van der Waals surface area contributed by atoms with Gasteiger partial charge in [0.25, 0.3) is 0 Å². The first-order valence-corrected chi connectivity index (χ1v) is 6.45. The zero-order valence-electron chi connectivity index (χ0n) is 10.6. The van der Waals surface area contributed by atoms with Crippen molar-refractivity contribution in [3.05, 3.63) is 59.6 Å². The minimum Gasteiger partial charge on any atom is -0.280 e. The van der Waals surface area contributed by atoms with Gasteiger partial charge in [0, 0.05) is 23.6 Å². The number of fused-ring (bicyclic) bond motifs is 1. The Kier molecular flexibility index (Phi) is 2.45. The molecule has 0 bridgehead atoms. The molecule has 0 aliphatic heterocycles. The fourth-order valence-corrected chi connectivity index (χ4v) is 2.57. The van der Waals surface area contributed by atoms with E-state index < -0.39 is 0 Å². The molecule has 2 aromatic heterocycles. The molecule has 1 unspecified atom stereocenters. The van der Waals surface area contributed by atoms with E-state index in [1.54, 1.807) is 11.0 Å². The monoisotopic (exact) mass is 264 g/mol. The van der Waals surface area contributed by atoms with Crippen LogP contribution in [0.3, 0.4) is 0 Å². The van der Waals surface area contributed by atoms with Gasteiger partial charge >= 0.3 is 0 Å². The number of hydrogen-bond donors (Lipinski definition) is 1. The molecule has 6 heteroatoms. The molecule has 2 heterocycles. The molecule has 0 radical (unpaired) electrons. The van der Waals surface area contributed by atoms with Crippen molar-refractivity contribution >= 4 is 6.08 Å². The lowest BCUT2D eigenvalue weighted by Crippen LogP contribution is -2.06. The van der Waals surface area contributed by atoms with Crippen LogP contribution in [-0.2, 0) is 6.42 Å². The topological polar surface area (TPSA) is 72.3 Å². The summed E-state index contributed by atoms with van der Waals surface area (Å²) in [7, 11) is 0. The first-order valence-electron chi connectivity index (χ1n) is 6.45. The SMILES string of the molecule is C1=CC(c2ccccc2)Cc2[nH]nc(-n3cnnn3)c21. The normalized spacial score (nSPS) is 17.1. The summed E-state index contributed by atoms with van der Waals surface area (Å²) >= 11 is 0. The largest absolute Gasteiger partial charge is 0.280 e. The van der Waals surface area contributed by atoms with Crippen LogP contribution in [0.15, 0.2) is 42.7 Å². The Morgan fingerprint density at radius 3 is 2.90 bits per heavy atom. The molecule has 20 heavy (non-hydrogen) atoms. The average molecular weight is 264 g/mol. The Balaban J connectivity index is 1.70. The number of nitrogens with one attached hydrogen (secondary N) is 1. The van der Waals surface area contributed by atoms with Crippen LogP contribution in [0, 0.1) is 0 Å². The van der Waals surface area contributed by atoms with Crippen molar-refractivity contribution in [3.8, 4) is 5.82 Å². The van der Waals surface area contributed by atoms with E-state index in [1.165, 1.54) is 5.56 Å². The maximum Gasteiger partial charge on any atom is 0.185 e. The summed E-state index contributed by atoms with van der Waals surface area (Å²) in [5, 5.41) is 18.6. The highest BCUT2D eigenvalue weighted by Gasteiger charge is 2.21. The van der Waals surface area contributed by atoms with E-state index in [0.717, 1.165) is 23.5 Å². The summed E-state index contributed by atoms with van der Waals surface area (Å²) in [4.78, 5) is 0. The van der Waals surface area contributed by atoms with Crippen LogP contribution in [0.25, 0.3) is 11.9 Å². The molecular formula is C14H12N6. The Morgan fingerprint density at radius 2 is 2.10 bits per heavy atom. The van der Waals surface area contributed by atoms with Gasteiger partial charge in [-0.25, -0.2) is 0 Å². The quantitative estimate of drug-likeness (QED) is 0.765. The van der Waals surface area contributed by atoms with Crippen LogP contribution in [0.1, 0.15) is 22.7 Å². The number of rotatable bonds is 2. The van der Waals surface area contributed by atoms with Crippen LogP contribution in [0.4, 0.5) is 0 Å². The smallest absolute Gasteiger partial charge is 0.185 e. The van der Waals surface area contributed by atoms with Gasteiger partial charge in [-0.15, -0.1) is 5.10 Å². The molecule has 6 nitrogen and oxygen atoms in total. The van der Waals surface area contributed by atoms with Gasteiger partial charge in [0.15, 0.2) is 5.82 Å². The molecule has 1 aliphatic carbocycles. The van der Waals surface area contributed by atoms with Gasteiger partial charge < -0.3 is 0 Å². The summed E-state index contributed by atoms with van der Waals surface area (Å²) in [5.74, 6) is 1.12. The van der Waals surface area contributed by atoms with Crippen molar-refractivity contribution in [1.82, 2.24) is 30.4 Å². The zero-order valence-corrected chi connectivity index (χ0v) is 10.6. The van der Waals surface area contributed by atoms with Crippen LogP contribution >= 0.6 is 0 Å². The molecule has 1 aliphatic rings. The minimum atomic E-state index is 0.380. The van der Waals surface area contributed by atoms with Crippen molar-refractivity contribution < 1.29 is 0 Å². The Bertz CT molecular complexity index is 741. The Labute approximate surface area is 115 Å². The predicted octanol–water partition coefficient (Wildman–Crippen LogP) is 1.74. The third kappa shape index (κ3) is 1.73. The maximum atomic E-state index is 4.31. The van der Waals surface area contributed by atoms with Crippen molar-refractivity contribution in [3.63, 3.8) is 0 Å². The molecule has 4 rings (SSSR count). The van der Waals surface area contributed by atoms with E-state index in [2.05, 4.69) is 62.1 Å². The van der Waals surface area contributed by atoms with Gasteiger partial charge in [-0.2, -0.15) is 9.78 Å². The summed E-state index contributed by atoms with van der Waals surface area (Å²) in [6.45, 7) is 0. The summed E-state index contributed by atoms with van der Waals surface area (Å²) in [6, 6.07) is 10.5. The van der Waals surface area contributed by atoms with E-state index in [9.17, 15) is 0 Å². The third-order valence-corrected chi connectivity index (χ3v) is 3.58. The third-order valence-electron chi connectivity index (χ3n) is 3.58. The molecule has 0 fully saturated rings. The molecule has 0 amide bonds. The second kappa shape index (κ2) is 4.41. The maximum absolute atomic E-state index is 4.31. The lowest BCUT2D eigenvalue weighted by atomic mass is 9.88. The molecule has 1 atom stereocenters. The molecule has 1 aromatic carbocycles. The number of allylic oxidation sites excluding steroid dienone is 1. The average Bonchev–Trinajstić information content (AvgIpc) is 3.16. The van der Waals surface area contributed by atoms with Gasteiger partial charge in [0.1, 0.15) is 6.33 Å². The number of hydrogen-bond acceptors (Lipinski definition) is 4. The lowest BCUT2D eigenvalue weighted by molar-refractivity contribution is 0.764. The van der Waals surface area contributed by atoms with Crippen molar-refractivity contribution in [2.75, 3.05) is 0 Å². The molecule has 98 valence electrons. The van der Waals surface area contributed by atoms with E-state index in [0.29, 0.717) is 5.92 Å². The van der Waals surface area contributed by atoms with Crippen molar-refractivity contribution in [2.45, 2.75) is 12.3 Å². The first-order chi connectivity index (χ1) is 9.92. The number of aromatic nitrogens is 6. The van der Waals surface area contributed by atoms with Crippen molar-refractivity contribution in [2.24, 2.45) is 0 Å². The Morgan fingerprint density at radius 1 is 1.20 bits per heavy atom. The zero-order chi connectivity index (χ0) is 13.4. The number of tetrazole rings is 1. The number of nitrogens with zero attached hydrogens (tertiary/aromatic N) is 5. The van der Waals surface area contributed by atoms with Crippen LogP contribution in [-0.4, -0.2) is 30.4 Å². The van der Waals surface area contributed by atoms with Crippen LogP contribution in [0.2, 0.25) is 0 Å². The molecule has 0 spiro atoms. The van der Waals surface area contributed by atoms with Gasteiger partial charge in [0.2, 0.25) is 0 Å². The molecule has 0 saturated carbocycles. The highest BCUT2D eigenvalue weighted by atomic mass is 15.5. The van der Waals surface area contributed by atoms with Gasteiger partial charge in [0.05, 0.1) is 0 Å². The van der Waals surface area contributed by atoms with E-state index in [4.69, 9.17) is 0 Å². The number of benzene rings is 1. The summed E-state index contributed by atoms with van der Waals surface area (Å²) in [5.41, 5.74) is 3.49. The van der Waals surface area contributed by atoms with Crippen molar-refractivity contribution in [1.29, 1.82) is 0 Å². The van der Waals surface area contributed by atoms with Gasteiger partial charge in [-0.3, -0.25) is 5.10 Å². The molecule has 3 aromatic rings. The van der Waals surface area contributed by atoms with E-state index >= 15 is 0 Å². The van der Waals surface area contributed by atoms with Gasteiger partial charge in [-0.05, 0) is 16.0 Å². The highest BCUT2D eigenvalue weighted by molar-refractivity contribution is 5.63. The second-order valence-electron chi connectivity index (χ2n) is 4.77. The molecule has 0 saturated heterocycles. The number of H-pyrrole nitrogens is 1. The predicted molar refractivity (Wildman–Crippen MR) is 73.2 cm³/mol. The minimum absolute atomic E-state index is 0.380. The summed E-state index contributed by atoms with van der Waals surface area (Å²) in [6.07, 6.45) is 6.76. The first kappa shape index (κ1) is 11.1. The van der Waals surface area contributed by atoms with Crippen LogP contribution in [0.5, 0.6) is 0 Å². The molecular weight excluding hydrogens is 252 g/mol. The second-order valence-corrected chi connectivity index (χ2v) is 4.77. The van der Waals surface area contributed by atoms with Crippen LogP contribution < -0.4 is 0 Å². The fourth-order valence-electron chi connectivity index (χ4n) is 2.57. The lowest BCUT2D eigenvalue weighted by Gasteiger charge is -2.16. The van der Waals surface area contributed by atoms with Gasteiger partial charge in [-0.1, -0.05) is 42.5 Å². The fraction of sp³-hybridized carbons (Fsp3) is 0.143. The van der Waals surface area contributed by atoms with E-state index in [-0.39, 0.29) is 0 Å². The number of aromatic amines is 1.